The largest absolute Gasteiger partial charge is 0.463 e. The average Bonchev–Trinajstić information content (AvgIpc) is 2.20. The summed E-state index contributed by atoms with van der Waals surface area (Å²) in [6.07, 6.45) is 2.39. The molecule has 0 aromatic rings. The second kappa shape index (κ2) is 8.26. The summed E-state index contributed by atoms with van der Waals surface area (Å²) in [5, 5.41) is 0. The van der Waals surface area contributed by atoms with E-state index in [0.29, 0.717) is 13.0 Å². The second-order valence-electron chi connectivity index (χ2n) is 3.41. The third-order valence-corrected chi connectivity index (χ3v) is 1.84. The van der Waals surface area contributed by atoms with Crippen LogP contribution in [0.3, 0.4) is 0 Å². The van der Waals surface area contributed by atoms with Gasteiger partial charge in [-0.3, -0.25) is 4.79 Å². The van der Waals surface area contributed by atoms with Crippen LogP contribution in [0.25, 0.3) is 0 Å². The maximum absolute atomic E-state index is 11.4. The van der Waals surface area contributed by atoms with Gasteiger partial charge in [0.05, 0.1) is 6.61 Å². The van der Waals surface area contributed by atoms with Crippen LogP contribution in [0.2, 0.25) is 0 Å². The quantitative estimate of drug-likeness (QED) is 0.611. The molecule has 0 bridgehead atoms. The number of rotatable bonds is 7. The van der Waals surface area contributed by atoms with Crippen LogP contribution in [0.5, 0.6) is 0 Å². The fraction of sp³-hybridized carbons (Fsp3) is 0.818. The number of hydrogen-bond donors (Lipinski definition) is 0. The van der Waals surface area contributed by atoms with Crippen molar-refractivity contribution in [2.75, 3.05) is 6.61 Å². The van der Waals surface area contributed by atoms with Crippen LogP contribution in [0, 0.1) is 0 Å². The van der Waals surface area contributed by atoms with Gasteiger partial charge in [-0.15, -0.1) is 0 Å². The minimum absolute atomic E-state index is 0.378. The van der Waals surface area contributed by atoms with Crippen molar-refractivity contribution >= 4 is 11.9 Å². The van der Waals surface area contributed by atoms with Crippen molar-refractivity contribution in [1.82, 2.24) is 0 Å². The van der Waals surface area contributed by atoms with Gasteiger partial charge in [0.1, 0.15) is 0 Å². The highest BCUT2D eigenvalue weighted by molar-refractivity contribution is 5.78. The fourth-order valence-electron chi connectivity index (χ4n) is 1.11. The normalized spacial score (nSPS) is 11.9. The molecule has 0 aromatic carbocycles. The standard InChI is InChI=1S/C11H20O4/c1-4-6-7-10(15-9(3)12)11(13)14-8-5-2/h10H,4-8H2,1-3H3. The van der Waals surface area contributed by atoms with Crippen LogP contribution in [0.4, 0.5) is 0 Å². The maximum Gasteiger partial charge on any atom is 0.347 e. The topological polar surface area (TPSA) is 52.6 Å². The van der Waals surface area contributed by atoms with Gasteiger partial charge in [0, 0.05) is 6.92 Å². The van der Waals surface area contributed by atoms with Crippen molar-refractivity contribution in [2.24, 2.45) is 0 Å². The van der Waals surface area contributed by atoms with E-state index in [4.69, 9.17) is 9.47 Å². The third kappa shape index (κ3) is 6.94. The lowest BCUT2D eigenvalue weighted by molar-refractivity contribution is -0.167. The number of carbonyl (C=O) groups excluding carboxylic acids is 2. The first-order chi connectivity index (χ1) is 7.11. The zero-order valence-electron chi connectivity index (χ0n) is 9.75. The summed E-state index contributed by atoms with van der Waals surface area (Å²) >= 11 is 0. The zero-order chi connectivity index (χ0) is 11.7. The van der Waals surface area contributed by atoms with Gasteiger partial charge in [-0.05, 0) is 19.3 Å². The molecule has 4 nitrogen and oxygen atoms in total. The van der Waals surface area contributed by atoms with Gasteiger partial charge in [-0.1, -0.05) is 20.3 Å². The van der Waals surface area contributed by atoms with Crippen molar-refractivity contribution in [3.05, 3.63) is 0 Å². The molecule has 0 saturated heterocycles. The molecule has 88 valence electrons. The van der Waals surface area contributed by atoms with Crippen molar-refractivity contribution in [1.29, 1.82) is 0 Å². The smallest absolute Gasteiger partial charge is 0.347 e. The fourth-order valence-corrected chi connectivity index (χ4v) is 1.11. The molecule has 0 rings (SSSR count). The van der Waals surface area contributed by atoms with Crippen LogP contribution in [0.15, 0.2) is 0 Å². The highest BCUT2D eigenvalue weighted by atomic mass is 16.6. The zero-order valence-corrected chi connectivity index (χ0v) is 9.75. The predicted molar refractivity (Wildman–Crippen MR) is 56.3 cm³/mol. The number of unbranched alkanes of at least 4 members (excludes halogenated alkanes) is 1. The molecule has 0 aromatic heterocycles. The first-order valence-corrected chi connectivity index (χ1v) is 5.45. The number of hydrogen-bond acceptors (Lipinski definition) is 4. The number of esters is 2. The van der Waals surface area contributed by atoms with E-state index in [-0.39, 0.29) is 0 Å². The Morgan fingerprint density at radius 3 is 2.33 bits per heavy atom. The molecule has 0 N–H and O–H groups in total. The molecule has 0 radical (unpaired) electrons. The second-order valence-corrected chi connectivity index (χ2v) is 3.41. The SMILES string of the molecule is CCCCC(OC(C)=O)C(=O)OCCC. The summed E-state index contributed by atoms with van der Waals surface area (Å²) in [5.41, 5.74) is 0. The van der Waals surface area contributed by atoms with Crippen molar-refractivity contribution in [2.45, 2.75) is 52.6 Å². The van der Waals surface area contributed by atoms with E-state index in [1.807, 2.05) is 13.8 Å². The first kappa shape index (κ1) is 13.9. The maximum atomic E-state index is 11.4. The molecule has 1 unspecified atom stereocenters. The lowest BCUT2D eigenvalue weighted by atomic mass is 10.1. The molecule has 0 amide bonds. The minimum Gasteiger partial charge on any atom is -0.463 e. The van der Waals surface area contributed by atoms with E-state index in [2.05, 4.69) is 0 Å². The predicted octanol–water partition coefficient (Wildman–Crippen LogP) is 2.06. The molecule has 4 heteroatoms. The van der Waals surface area contributed by atoms with E-state index in [1.54, 1.807) is 0 Å². The van der Waals surface area contributed by atoms with E-state index >= 15 is 0 Å². The van der Waals surface area contributed by atoms with Gasteiger partial charge in [0.15, 0.2) is 6.10 Å². The first-order valence-electron chi connectivity index (χ1n) is 5.45. The number of carbonyl (C=O) groups is 2. The van der Waals surface area contributed by atoms with Gasteiger partial charge >= 0.3 is 11.9 Å². The lowest BCUT2D eigenvalue weighted by Gasteiger charge is -2.15. The molecule has 1 atom stereocenters. The molecule has 15 heavy (non-hydrogen) atoms. The van der Waals surface area contributed by atoms with Crippen LogP contribution >= 0.6 is 0 Å². The summed E-state index contributed by atoms with van der Waals surface area (Å²) < 4.78 is 9.83. The molecule has 0 saturated carbocycles. The van der Waals surface area contributed by atoms with Gasteiger partial charge < -0.3 is 9.47 Å². The molecular formula is C11H20O4. The lowest BCUT2D eigenvalue weighted by Crippen LogP contribution is -2.28. The average molecular weight is 216 g/mol. The van der Waals surface area contributed by atoms with Gasteiger partial charge in [-0.25, -0.2) is 4.79 Å². The molecule has 0 heterocycles. The molecule has 0 fully saturated rings. The van der Waals surface area contributed by atoms with Crippen LogP contribution < -0.4 is 0 Å². The Bertz CT molecular complexity index is 201. The summed E-state index contributed by atoms with van der Waals surface area (Å²) in [6, 6.07) is 0. The molecule has 0 aliphatic rings. The van der Waals surface area contributed by atoms with Crippen LogP contribution in [-0.2, 0) is 19.1 Å². The van der Waals surface area contributed by atoms with E-state index < -0.39 is 18.0 Å². The summed E-state index contributed by atoms with van der Waals surface area (Å²) in [7, 11) is 0. The third-order valence-electron chi connectivity index (χ3n) is 1.84. The summed E-state index contributed by atoms with van der Waals surface area (Å²) in [5.74, 6) is -0.870. The Morgan fingerprint density at radius 2 is 1.87 bits per heavy atom. The molecule has 0 aliphatic heterocycles. The monoisotopic (exact) mass is 216 g/mol. The summed E-state index contributed by atoms with van der Waals surface area (Å²) in [6.45, 7) is 5.61. The Balaban J connectivity index is 4.07. The summed E-state index contributed by atoms with van der Waals surface area (Å²) in [4.78, 5) is 22.2. The van der Waals surface area contributed by atoms with E-state index in [9.17, 15) is 9.59 Å². The Labute approximate surface area is 90.9 Å². The van der Waals surface area contributed by atoms with Gasteiger partial charge in [-0.2, -0.15) is 0 Å². The molecular weight excluding hydrogens is 196 g/mol. The Morgan fingerprint density at radius 1 is 1.20 bits per heavy atom. The molecule has 0 spiro atoms. The highest BCUT2D eigenvalue weighted by Crippen LogP contribution is 2.07. The molecule has 0 aliphatic carbocycles. The van der Waals surface area contributed by atoms with Crippen molar-refractivity contribution in [3.63, 3.8) is 0 Å². The Kier molecular flexibility index (Phi) is 7.68. The Hall–Kier alpha value is -1.06. The van der Waals surface area contributed by atoms with E-state index in [1.165, 1.54) is 6.92 Å². The van der Waals surface area contributed by atoms with E-state index in [0.717, 1.165) is 19.3 Å². The van der Waals surface area contributed by atoms with Crippen LogP contribution in [0.1, 0.15) is 46.5 Å². The number of ether oxygens (including phenoxy) is 2. The van der Waals surface area contributed by atoms with Crippen molar-refractivity contribution in [3.8, 4) is 0 Å². The van der Waals surface area contributed by atoms with Gasteiger partial charge in [0.2, 0.25) is 0 Å². The highest BCUT2D eigenvalue weighted by Gasteiger charge is 2.22. The minimum atomic E-state index is -0.728. The van der Waals surface area contributed by atoms with Crippen LogP contribution in [-0.4, -0.2) is 24.6 Å². The van der Waals surface area contributed by atoms with Gasteiger partial charge in [0.25, 0.3) is 0 Å². The van der Waals surface area contributed by atoms with Crippen molar-refractivity contribution < 1.29 is 19.1 Å².